The standard InChI is InChI=1S/C17H18Cl3NO3P/c18-14-4-1-12(2-5-14)10-25(23,24)11-15(22)9-21-8-13-3-6-16(19)17(20)7-13/h1-7,21,23-24H,8-11H2/q+1. The van der Waals surface area contributed by atoms with Crippen LogP contribution in [0, 0.1) is 0 Å². The monoisotopic (exact) mass is 420 g/mol. The van der Waals surface area contributed by atoms with Gasteiger partial charge in [-0.25, -0.2) is 9.79 Å². The quantitative estimate of drug-likeness (QED) is 0.555. The molecule has 3 N–H and O–H groups in total. The van der Waals surface area contributed by atoms with Gasteiger partial charge in [-0.2, -0.15) is 0 Å². The number of nitrogens with one attached hydrogen (secondary N) is 1. The van der Waals surface area contributed by atoms with Gasteiger partial charge in [-0.05, 0) is 35.4 Å². The van der Waals surface area contributed by atoms with Gasteiger partial charge in [0, 0.05) is 11.6 Å². The fourth-order valence-electron chi connectivity index (χ4n) is 2.27. The molecule has 0 bridgehead atoms. The number of benzene rings is 2. The van der Waals surface area contributed by atoms with Crippen molar-refractivity contribution >= 4 is 48.3 Å². The molecule has 0 saturated carbocycles. The van der Waals surface area contributed by atoms with Crippen LogP contribution in [0.2, 0.25) is 15.1 Å². The first kappa shape index (κ1) is 20.6. The lowest BCUT2D eigenvalue weighted by molar-refractivity contribution is -0.116. The highest BCUT2D eigenvalue weighted by atomic mass is 35.5. The molecule has 0 aliphatic rings. The van der Waals surface area contributed by atoms with Gasteiger partial charge in [0.15, 0.2) is 11.9 Å². The molecule has 0 radical (unpaired) electrons. The molecule has 0 spiro atoms. The fraction of sp³-hybridized carbons (Fsp3) is 0.235. The minimum absolute atomic E-state index is 0.0454. The summed E-state index contributed by atoms with van der Waals surface area (Å²) in [5.41, 5.74) is 1.62. The van der Waals surface area contributed by atoms with E-state index in [4.69, 9.17) is 34.8 Å². The number of hydrogen-bond acceptors (Lipinski definition) is 4. The smallest absolute Gasteiger partial charge is 0.279 e. The molecule has 4 nitrogen and oxygen atoms in total. The van der Waals surface area contributed by atoms with Crippen LogP contribution in [0.3, 0.4) is 0 Å². The molecule has 0 atom stereocenters. The van der Waals surface area contributed by atoms with E-state index in [2.05, 4.69) is 5.32 Å². The Kier molecular flexibility index (Phi) is 7.66. The first-order valence-electron chi connectivity index (χ1n) is 7.48. The number of hydrogen-bond donors (Lipinski definition) is 3. The number of carbonyl (C=O) groups is 1. The van der Waals surface area contributed by atoms with E-state index in [0.29, 0.717) is 21.6 Å². The van der Waals surface area contributed by atoms with Crippen LogP contribution in [0.1, 0.15) is 11.1 Å². The Morgan fingerprint density at radius 2 is 1.60 bits per heavy atom. The van der Waals surface area contributed by atoms with E-state index in [0.717, 1.165) is 11.1 Å². The van der Waals surface area contributed by atoms with Crippen LogP contribution in [-0.2, 0) is 17.5 Å². The lowest BCUT2D eigenvalue weighted by atomic mass is 10.2. The lowest BCUT2D eigenvalue weighted by Gasteiger charge is -2.12. The molecule has 2 aromatic rings. The van der Waals surface area contributed by atoms with E-state index >= 15 is 0 Å². The van der Waals surface area contributed by atoms with E-state index in [-0.39, 0.29) is 24.7 Å². The first-order valence-corrected chi connectivity index (χ1v) is 10.7. The van der Waals surface area contributed by atoms with Gasteiger partial charge in [-0.3, -0.25) is 4.79 Å². The van der Waals surface area contributed by atoms with Gasteiger partial charge < -0.3 is 5.32 Å². The van der Waals surface area contributed by atoms with Crippen LogP contribution >= 0.6 is 42.5 Å². The Bertz CT molecular complexity index is 738. The zero-order valence-corrected chi connectivity index (χ0v) is 16.4. The highest BCUT2D eigenvalue weighted by Crippen LogP contribution is 2.52. The molecular formula is C17H18Cl3NO3P+. The van der Waals surface area contributed by atoms with Crippen LogP contribution in [0.4, 0.5) is 0 Å². The van der Waals surface area contributed by atoms with Gasteiger partial charge in [-0.15, -0.1) is 0 Å². The number of Topliss-reactive ketones (excluding diaryl/α,β-unsaturated/α-hetero) is 1. The van der Waals surface area contributed by atoms with Crippen LogP contribution in [0.5, 0.6) is 0 Å². The molecule has 2 aromatic carbocycles. The minimum atomic E-state index is -3.33. The summed E-state index contributed by atoms with van der Waals surface area (Å²) in [5.74, 6) is -0.257. The normalized spacial score (nSPS) is 11.6. The minimum Gasteiger partial charge on any atom is -0.306 e. The number of carbonyl (C=O) groups excluding carboxylic acids is 1. The fourth-order valence-corrected chi connectivity index (χ4v) is 4.30. The third-order valence-corrected chi connectivity index (χ3v) is 6.14. The molecule has 25 heavy (non-hydrogen) atoms. The second-order valence-corrected chi connectivity index (χ2v) is 9.35. The Morgan fingerprint density at radius 3 is 2.24 bits per heavy atom. The summed E-state index contributed by atoms with van der Waals surface area (Å²) in [7, 11) is -3.33. The lowest BCUT2D eigenvalue weighted by Crippen LogP contribution is -2.26. The second-order valence-electron chi connectivity index (χ2n) is 5.71. The van der Waals surface area contributed by atoms with Crippen molar-refractivity contribution in [3.05, 3.63) is 68.7 Å². The van der Waals surface area contributed by atoms with E-state index in [1.54, 1.807) is 36.4 Å². The molecule has 0 heterocycles. The zero-order chi connectivity index (χ0) is 18.4. The van der Waals surface area contributed by atoms with Crippen molar-refractivity contribution in [1.82, 2.24) is 5.32 Å². The predicted octanol–water partition coefficient (Wildman–Crippen LogP) is 4.34. The van der Waals surface area contributed by atoms with Gasteiger partial charge in [-0.1, -0.05) is 53.0 Å². The summed E-state index contributed by atoms with van der Waals surface area (Å²) in [4.78, 5) is 32.3. The van der Waals surface area contributed by atoms with E-state index in [1.165, 1.54) is 0 Å². The summed E-state index contributed by atoms with van der Waals surface area (Å²) in [6, 6.07) is 12.0. The summed E-state index contributed by atoms with van der Waals surface area (Å²) in [6.45, 7) is 0.478. The van der Waals surface area contributed by atoms with Crippen LogP contribution < -0.4 is 5.32 Å². The summed E-state index contributed by atoms with van der Waals surface area (Å²) in [5, 5.41) is 4.47. The van der Waals surface area contributed by atoms with E-state index < -0.39 is 7.72 Å². The third kappa shape index (κ3) is 7.20. The zero-order valence-electron chi connectivity index (χ0n) is 13.3. The first-order chi connectivity index (χ1) is 11.7. The molecule has 0 saturated heterocycles. The highest BCUT2D eigenvalue weighted by molar-refractivity contribution is 7.64. The maximum Gasteiger partial charge on any atom is 0.279 e. The molecule has 134 valence electrons. The highest BCUT2D eigenvalue weighted by Gasteiger charge is 2.36. The third-order valence-electron chi connectivity index (χ3n) is 3.41. The van der Waals surface area contributed by atoms with Gasteiger partial charge >= 0.3 is 0 Å². The number of rotatable bonds is 8. The van der Waals surface area contributed by atoms with Crippen molar-refractivity contribution in [2.75, 3.05) is 12.7 Å². The number of halogens is 3. The van der Waals surface area contributed by atoms with Gasteiger partial charge in [0.05, 0.1) is 16.6 Å². The van der Waals surface area contributed by atoms with Crippen molar-refractivity contribution in [2.24, 2.45) is 0 Å². The molecule has 0 fully saturated rings. The Morgan fingerprint density at radius 1 is 0.960 bits per heavy atom. The van der Waals surface area contributed by atoms with Gasteiger partial charge in [0.1, 0.15) is 6.16 Å². The number of ketones is 1. The van der Waals surface area contributed by atoms with Crippen molar-refractivity contribution in [3.63, 3.8) is 0 Å². The molecular weight excluding hydrogens is 404 g/mol. The van der Waals surface area contributed by atoms with Crippen LogP contribution in [-0.4, -0.2) is 28.3 Å². The van der Waals surface area contributed by atoms with Gasteiger partial charge in [0.25, 0.3) is 7.72 Å². The largest absolute Gasteiger partial charge is 0.306 e. The van der Waals surface area contributed by atoms with Gasteiger partial charge in [0.2, 0.25) is 0 Å². The molecule has 8 heteroatoms. The average molecular weight is 422 g/mol. The average Bonchev–Trinajstić information content (AvgIpc) is 2.52. The van der Waals surface area contributed by atoms with Crippen LogP contribution in [0.25, 0.3) is 0 Å². The maximum atomic E-state index is 12.0. The molecule has 0 unspecified atom stereocenters. The summed E-state index contributed by atoms with van der Waals surface area (Å²) >= 11 is 17.6. The van der Waals surface area contributed by atoms with Crippen molar-refractivity contribution < 1.29 is 14.6 Å². The second kappa shape index (κ2) is 9.29. The Balaban J connectivity index is 1.80. The van der Waals surface area contributed by atoms with Crippen molar-refractivity contribution in [1.29, 1.82) is 0 Å². The van der Waals surface area contributed by atoms with Crippen LogP contribution in [0.15, 0.2) is 42.5 Å². The molecule has 0 aromatic heterocycles. The molecule has 0 amide bonds. The Hall–Kier alpha value is -0.710. The Labute approximate surface area is 162 Å². The van der Waals surface area contributed by atoms with E-state index in [1.807, 2.05) is 6.07 Å². The summed E-state index contributed by atoms with van der Waals surface area (Å²) < 4.78 is 0. The summed E-state index contributed by atoms with van der Waals surface area (Å²) in [6.07, 6.45) is -0.202. The van der Waals surface area contributed by atoms with Crippen molar-refractivity contribution in [2.45, 2.75) is 12.7 Å². The maximum absolute atomic E-state index is 12.0. The predicted molar refractivity (Wildman–Crippen MR) is 105 cm³/mol. The topological polar surface area (TPSA) is 69.6 Å². The van der Waals surface area contributed by atoms with Crippen molar-refractivity contribution in [3.8, 4) is 0 Å². The molecule has 0 aliphatic carbocycles. The SMILES string of the molecule is O=C(CNCc1ccc(Cl)c(Cl)c1)C[P+](O)(O)Cc1ccc(Cl)cc1. The molecule has 0 aliphatic heterocycles. The van der Waals surface area contributed by atoms with E-state index in [9.17, 15) is 14.6 Å². The molecule has 2 rings (SSSR count).